The van der Waals surface area contributed by atoms with Crippen molar-refractivity contribution in [2.75, 3.05) is 26.4 Å². The van der Waals surface area contributed by atoms with Crippen molar-refractivity contribution in [1.29, 1.82) is 0 Å². The molecule has 0 saturated carbocycles. The first kappa shape index (κ1) is 47.9. The normalized spacial score (nSPS) is 15.4. The van der Waals surface area contributed by atoms with Gasteiger partial charge in [-0.1, -0.05) is 108 Å². The van der Waals surface area contributed by atoms with E-state index in [9.17, 15) is 29.3 Å². The fraction of sp³-hybridized carbons (Fsp3) is 0.737. The van der Waals surface area contributed by atoms with E-state index >= 15 is 0 Å². The second-order valence-electron chi connectivity index (χ2n) is 12.9. The van der Waals surface area contributed by atoms with Gasteiger partial charge in [0.1, 0.15) is 12.7 Å². The molecule has 12 heteroatoms. The van der Waals surface area contributed by atoms with Crippen LogP contribution in [0.4, 0.5) is 0 Å². The summed E-state index contributed by atoms with van der Waals surface area (Å²) < 4.78 is 32.4. The van der Waals surface area contributed by atoms with Crippen LogP contribution in [0.2, 0.25) is 0 Å². The molecule has 0 spiro atoms. The van der Waals surface area contributed by atoms with Gasteiger partial charge in [-0.2, -0.15) is 0 Å². The fourth-order valence-corrected chi connectivity index (χ4v) is 5.29. The van der Waals surface area contributed by atoms with Crippen molar-refractivity contribution in [3.8, 4) is 0 Å². The van der Waals surface area contributed by atoms with Crippen LogP contribution in [0.15, 0.2) is 48.6 Å². The Morgan fingerprint density at radius 2 is 1.20 bits per heavy atom. The standard InChI is InChI=1S/C38H67O11P/c1-4-34(40)26-22-18-13-11-9-7-5-6-8-10-12-14-19-23-27-37(42)46-31-36(32-48-50(44,45)47-30-35(41)29-39)49-38(43)28-24-20-16-15-17-21-25-33(2)3/h6-9,12-14,18,33-36,39-41H,4-5,10-11,15-17,19-32H2,1-3H3,(H,44,45)/b8-6-,9-7-,14-12-,18-13-/t34-,35-,36+/m0/s1. The number of aliphatic hydroxyl groups is 3. The van der Waals surface area contributed by atoms with E-state index in [0.717, 1.165) is 57.8 Å². The third-order valence-electron chi connectivity index (χ3n) is 7.58. The molecule has 11 nitrogen and oxygen atoms in total. The van der Waals surface area contributed by atoms with Gasteiger partial charge in [0, 0.05) is 12.8 Å². The molecule has 0 aliphatic carbocycles. The van der Waals surface area contributed by atoms with Crippen molar-refractivity contribution >= 4 is 19.8 Å². The Morgan fingerprint density at radius 3 is 1.80 bits per heavy atom. The molecule has 0 amide bonds. The highest BCUT2D eigenvalue weighted by atomic mass is 31.2. The number of ether oxygens (including phenoxy) is 2. The minimum atomic E-state index is -4.63. The molecule has 290 valence electrons. The summed E-state index contributed by atoms with van der Waals surface area (Å²) in [5.41, 5.74) is 0. The molecule has 4 N–H and O–H groups in total. The van der Waals surface area contributed by atoms with Gasteiger partial charge < -0.3 is 29.7 Å². The lowest BCUT2D eigenvalue weighted by Crippen LogP contribution is -2.29. The van der Waals surface area contributed by atoms with Gasteiger partial charge in [-0.25, -0.2) is 4.57 Å². The SMILES string of the molecule is CC[C@H](O)CC/C=C\C/C=C\C/C=C\C/C=C\CCCC(=O)OC[C@H](COP(=O)(O)OC[C@@H](O)CO)OC(=O)CCCCCCCCC(C)C. The summed E-state index contributed by atoms with van der Waals surface area (Å²) in [5, 5.41) is 27.8. The first-order valence-corrected chi connectivity index (χ1v) is 20.0. The number of hydrogen-bond acceptors (Lipinski definition) is 10. The van der Waals surface area contributed by atoms with Crippen molar-refractivity contribution < 1.29 is 52.9 Å². The van der Waals surface area contributed by atoms with Gasteiger partial charge in [0.05, 0.1) is 25.9 Å². The van der Waals surface area contributed by atoms with Gasteiger partial charge in [0.2, 0.25) is 0 Å². The zero-order valence-electron chi connectivity index (χ0n) is 30.9. The topological polar surface area (TPSA) is 169 Å². The number of aliphatic hydroxyl groups excluding tert-OH is 3. The van der Waals surface area contributed by atoms with Crippen LogP contribution in [0.25, 0.3) is 0 Å². The Kier molecular flexibility index (Phi) is 31.4. The number of rotatable bonds is 33. The molecule has 0 aliphatic rings. The van der Waals surface area contributed by atoms with E-state index < -0.39 is 51.8 Å². The third-order valence-corrected chi connectivity index (χ3v) is 8.53. The number of carbonyl (C=O) groups excluding carboxylic acids is 2. The number of hydrogen-bond donors (Lipinski definition) is 4. The van der Waals surface area contributed by atoms with Crippen molar-refractivity contribution in [3.63, 3.8) is 0 Å². The van der Waals surface area contributed by atoms with Gasteiger partial charge in [-0.05, 0) is 63.7 Å². The molecule has 0 fully saturated rings. The Bertz CT molecular complexity index is 1010. The monoisotopic (exact) mass is 730 g/mol. The summed E-state index contributed by atoms with van der Waals surface area (Å²) in [6.45, 7) is 4.20. The summed E-state index contributed by atoms with van der Waals surface area (Å²) in [4.78, 5) is 34.7. The molecule has 0 rings (SSSR count). The Balaban J connectivity index is 4.46. The van der Waals surface area contributed by atoms with Crippen LogP contribution >= 0.6 is 7.82 Å². The molecular formula is C38H67O11P. The molecule has 0 aromatic carbocycles. The highest BCUT2D eigenvalue weighted by Crippen LogP contribution is 2.43. The summed E-state index contributed by atoms with van der Waals surface area (Å²) in [6.07, 6.45) is 27.8. The largest absolute Gasteiger partial charge is 0.472 e. The Hall–Kier alpha value is -2.11. The van der Waals surface area contributed by atoms with Crippen molar-refractivity contribution in [3.05, 3.63) is 48.6 Å². The van der Waals surface area contributed by atoms with Crippen LogP contribution in [0.1, 0.15) is 130 Å². The van der Waals surface area contributed by atoms with Crippen molar-refractivity contribution in [1.82, 2.24) is 0 Å². The van der Waals surface area contributed by atoms with Crippen LogP contribution in [0.3, 0.4) is 0 Å². The number of unbranched alkanes of at least 4 members (excludes halogenated alkanes) is 6. The van der Waals surface area contributed by atoms with Crippen LogP contribution in [0.5, 0.6) is 0 Å². The second kappa shape index (κ2) is 32.8. The van der Waals surface area contributed by atoms with E-state index in [2.05, 4.69) is 54.8 Å². The minimum Gasteiger partial charge on any atom is -0.462 e. The van der Waals surface area contributed by atoms with Crippen LogP contribution < -0.4 is 0 Å². The zero-order valence-corrected chi connectivity index (χ0v) is 31.8. The van der Waals surface area contributed by atoms with E-state index in [0.29, 0.717) is 25.2 Å². The lowest BCUT2D eigenvalue weighted by Gasteiger charge is -2.20. The molecule has 0 saturated heterocycles. The predicted molar refractivity (Wildman–Crippen MR) is 197 cm³/mol. The molecule has 0 radical (unpaired) electrons. The van der Waals surface area contributed by atoms with E-state index in [1.54, 1.807) is 0 Å². The number of esters is 2. The summed E-state index contributed by atoms with van der Waals surface area (Å²) in [5.74, 6) is -0.316. The van der Waals surface area contributed by atoms with Crippen LogP contribution in [0, 0.1) is 5.92 Å². The number of allylic oxidation sites excluding steroid dienone is 8. The van der Waals surface area contributed by atoms with E-state index in [1.165, 1.54) is 19.3 Å². The number of carbonyl (C=O) groups is 2. The third kappa shape index (κ3) is 33.1. The minimum absolute atomic E-state index is 0.151. The lowest BCUT2D eigenvalue weighted by molar-refractivity contribution is -0.161. The van der Waals surface area contributed by atoms with Crippen molar-refractivity contribution in [2.45, 2.75) is 148 Å². The Morgan fingerprint density at radius 1 is 0.660 bits per heavy atom. The first-order chi connectivity index (χ1) is 24.0. The highest BCUT2D eigenvalue weighted by molar-refractivity contribution is 7.47. The smallest absolute Gasteiger partial charge is 0.462 e. The van der Waals surface area contributed by atoms with E-state index in [1.807, 2.05) is 19.1 Å². The lowest BCUT2D eigenvalue weighted by atomic mass is 10.0. The van der Waals surface area contributed by atoms with E-state index in [4.69, 9.17) is 19.1 Å². The molecule has 0 aromatic rings. The molecule has 1 unspecified atom stereocenters. The van der Waals surface area contributed by atoms with Gasteiger partial charge in [-0.15, -0.1) is 0 Å². The maximum Gasteiger partial charge on any atom is 0.472 e. The maximum atomic E-state index is 12.5. The fourth-order valence-electron chi connectivity index (χ4n) is 4.50. The second-order valence-corrected chi connectivity index (χ2v) is 14.3. The first-order valence-electron chi connectivity index (χ1n) is 18.5. The van der Waals surface area contributed by atoms with Crippen LogP contribution in [-0.4, -0.2) is 76.9 Å². The number of phosphoric ester groups is 1. The molecular weight excluding hydrogens is 663 g/mol. The summed E-state index contributed by atoms with van der Waals surface area (Å²) >= 11 is 0. The maximum absolute atomic E-state index is 12.5. The average Bonchev–Trinajstić information content (AvgIpc) is 3.08. The highest BCUT2D eigenvalue weighted by Gasteiger charge is 2.27. The van der Waals surface area contributed by atoms with Gasteiger partial charge >= 0.3 is 19.8 Å². The molecule has 0 aromatic heterocycles. The molecule has 0 aliphatic heterocycles. The molecule has 4 atom stereocenters. The average molecular weight is 731 g/mol. The predicted octanol–water partition coefficient (Wildman–Crippen LogP) is 7.82. The van der Waals surface area contributed by atoms with Gasteiger partial charge in [0.15, 0.2) is 6.10 Å². The molecule has 0 heterocycles. The van der Waals surface area contributed by atoms with Crippen molar-refractivity contribution in [2.24, 2.45) is 5.92 Å². The zero-order chi connectivity index (χ0) is 37.3. The number of phosphoric acid groups is 1. The summed E-state index contributed by atoms with van der Waals surface area (Å²) in [6, 6.07) is 0. The summed E-state index contributed by atoms with van der Waals surface area (Å²) in [7, 11) is -4.63. The van der Waals surface area contributed by atoms with Gasteiger partial charge in [0.25, 0.3) is 0 Å². The van der Waals surface area contributed by atoms with Gasteiger partial charge in [-0.3, -0.25) is 18.6 Å². The van der Waals surface area contributed by atoms with Crippen LogP contribution in [-0.2, 0) is 32.7 Å². The molecule has 0 bridgehead atoms. The Labute approximate surface area is 301 Å². The molecule has 50 heavy (non-hydrogen) atoms. The van der Waals surface area contributed by atoms with E-state index in [-0.39, 0.29) is 25.6 Å². The quantitative estimate of drug-likeness (QED) is 0.0225.